The Kier molecular flexibility index (Phi) is 5.93. The summed E-state index contributed by atoms with van der Waals surface area (Å²) in [6.07, 6.45) is -0.695. The monoisotopic (exact) mass is 450 g/mol. The van der Waals surface area contributed by atoms with Crippen molar-refractivity contribution in [3.8, 4) is 0 Å². The van der Waals surface area contributed by atoms with Crippen LogP contribution >= 0.6 is 11.6 Å². The number of hydrogen-bond acceptors (Lipinski definition) is 5. The molecule has 162 valence electrons. The Morgan fingerprint density at radius 3 is 2.20 bits per heavy atom. The molecule has 0 aromatic heterocycles. The second kappa shape index (κ2) is 7.87. The van der Waals surface area contributed by atoms with E-state index in [-0.39, 0.29) is 11.4 Å². The zero-order valence-electron chi connectivity index (χ0n) is 17.5. The van der Waals surface area contributed by atoms with Crippen LogP contribution in [0.1, 0.15) is 37.8 Å². The molecule has 30 heavy (non-hydrogen) atoms. The van der Waals surface area contributed by atoms with E-state index in [2.05, 4.69) is 5.32 Å². The minimum Gasteiger partial charge on any atom is -0.444 e. The van der Waals surface area contributed by atoms with Gasteiger partial charge >= 0.3 is 6.09 Å². The molecule has 0 aliphatic heterocycles. The Hall–Kier alpha value is -2.09. The number of sulfone groups is 1. The van der Waals surface area contributed by atoms with Crippen LogP contribution in [-0.4, -0.2) is 37.4 Å². The summed E-state index contributed by atoms with van der Waals surface area (Å²) < 4.78 is 32.4. The molecule has 1 saturated carbocycles. The maximum Gasteiger partial charge on any atom is 0.408 e. The van der Waals surface area contributed by atoms with E-state index in [0.717, 1.165) is 11.1 Å². The molecule has 3 rings (SSSR count). The van der Waals surface area contributed by atoms with Crippen molar-refractivity contribution in [2.45, 2.75) is 54.9 Å². The highest BCUT2D eigenvalue weighted by Gasteiger charge is 2.71. The van der Waals surface area contributed by atoms with Gasteiger partial charge in [-0.1, -0.05) is 41.4 Å². The Morgan fingerprint density at radius 2 is 1.70 bits per heavy atom. The number of nitrogens with two attached hydrogens (primary N) is 1. The van der Waals surface area contributed by atoms with Gasteiger partial charge in [-0.25, -0.2) is 13.2 Å². The molecule has 0 spiro atoms. The van der Waals surface area contributed by atoms with Crippen molar-refractivity contribution in [2.24, 2.45) is 5.73 Å². The predicted molar refractivity (Wildman–Crippen MR) is 118 cm³/mol. The van der Waals surface area contributed by atoms with Crippen molar-refractivity contribution in [3.63, 3.8) is 0 Å². The SMILES string of the molecule is Cc1ccc([C@@H]2[C@@H](S(=O)(=O)c3ccc(Cl)cc3)[C@@]2(CN)NC(=O)OC(C)(C)C)cc1. The van der Waals surface area contributed by atoms with Gasteiger partial charge in [0.2, 0.25) is 0 Å². The molecular formula is C22H27ClN2O4S. The van der Waals surface area contributed by atoms with Gasteiger partial charge in [-0.15, -0.1) is 0 Å². The van der Waals surface area contributed by atoms with Gasteiger partial charge in [-0.3, -0.25) is 0 Å². The number of hydrogen-bond donors (Lipinski definition) is 2. The lowest BCUT2D eigenvalue weighted by Gasteiger charge is -2.24. The van der Waals surface area contributed by atoms with Crippen molar-refractivity contribution in [3.05, 3.63) is 64.7 Å². The fraction of sp³-hybridized carbons (Fsp3) is 0.409. The number of carbonyl (C=O) groups excluding carboxylic acids is 1. The summed E-state index contributed by atoms with van der Waals surface area (Å²) in [7, 11) is -3.81. The fourth-order valence-electron chi connectivity index (χ4n) is 3.81. The highest BCUT2D eigenvalue weighted by Crippen LogP contribution is 2.57. The number of nitrogens with one attached hydrogen (secondary N) is 1. The molecule has 6 nitrogen and oxygen atoms in total. The molecule has 2 aromatic carbocycles. The van der Waals surface area contributed by atoms with Gasteiger partial charge in [0.25, 0.3) is 0 Å². The van der Waals surface area contributed by atoms with E-state index in [1.54, 1.807) is 20.8 Å². The minimum atomic E-state index is -3.81. The van der Waals surface area contributed by atoms with Gasteiger partial charge in [0.05, 0.1) is 10.4 Å². The molecule has 3 N–H and O–H groups in total. The molecule has 8 heteroatoms. The lowest BCUT2D eigenvalue weighted by molar-refractivity contribution is 0.0497. The number of aryl methyl sites for hydroxylation is 1. The fourth-order valence-corrected chi connectivity index (χ4v) is 6.28. The maximum atomic E-state index is 13.5. The van der Waals surface area contributed by atoms with Crippen LogP contribution in [0.4, 0.5) is 4.79 Å². The molecule has 1 fully saturated rings. The highest BCUT2D eigenvalue weighted by atomic mass is 35.5. The van der Waals surface area contributed by atoms with Gasteiger partial charge in [-0.2, -0.15) is 0 Å². The van der Waals surface area contributed by atoms with Crippen LogP contribution in [-0.2, 0) is 14.6 Å². The first-order chi connectivity index (χ1) is 13.9. The van der Waals surface area contributed by atoms with E-state index in [0.29, 0.717) is 5.02 Å². The smallest absolute Gasteiger partial charge is 0.408 e. The van der Waals surface area contributed by atoms with E-state index < -0.39 is 38.2 Å². The van der Waals surface area contributed by atoms with Crippen LogP contribution in [0.5, 0.6) is 0 Å². The molecule has 0 bridgehead atoms. The maximum absolute atomic E-state index is 13.5. The van der Waals surface area contributed by atoms with Crippen molar-refractivity contribution < 1.29 is 17.9 Å². The molecule has 1 aliphatic carbocycles. The first-order valence-corrected chi connectivity index (χ1v) is 11.6. The van der Waals surface area contributed by atoms with Crippen LogP contribution in [0.2, 0.25) is 5.02 Å². The molecule has 0 saturated heterocycles. The minimum absolute atomic E-state index is 0.0533. The molecule has 3 atom stereocenters. The normalized spacial score (nSPS) is 23.7. The van der Waals surface area contributed by atoms with Gasteiger partial charge < -0.3 is 15.8 Å². The number of ether oxygens (including phenoxy) is 1. The highest BCUT2D eigenvalue weighted by molar-refractivity contribution is 7.92. The average molecular weight is 451 g/mol. The molecule has 0 unspecified atom stereocenters. The molecule has 0 heterocycles. The first-order valence-electron chi connectivity index (χ1n) is 9.68. The van der Waals surface area contributed by atoms with Crippen molar-refractivity contribution >= 4 is 27.5 Å². The number of carbonyl (C=O) groups is 1. The third kappa shape index (κ3) is 4.33. The predicted octanol–water partition coefficient (Wildman–Crippen LogP) is 3.81. The lowest BCUT2D eigenvalue weighted by atomic mass is 10.0. The standard InChI is InChI=1S/C22H27ClN2O4S/c1-14-5-7-15(8-6-14)18-19(30(27,28)17-11-9-16(23)10-12-17)22(18,13-24)25-20(26)29-21(2,3)4/h5-12,18-19H,13,24H2,1-4H3,(H,25,26)/t18-,19-,22+/m1/s1. The second-order valence-corrected chi connectivity index (χ2v) is 11.2. The largest absolute Gasteiger partial charge is 0.444 e. The summed E-state index contributed by atoms with van der Waals surface area (Å²) >= 11 is 5.92. The first kappa shape index (κ1) is 22.6. The summed E-state index contributed by atoms with van der Waals surface area (Å²) in [5, 5.41) is 2.30. The summed E-state index contributed by atoms with van der Waals surface area (Å²) in [5.41, 5.74) is 6.02. The van der Waals surface area contributed by atoms with E-state index in [1.165, 1.54) is 24.3 Å². The zero-order chi connectivity index (χ0) is 22.3. The number of halogens is 1. The van der Waals surface area contributed by atoms with Gasteiger partial charge in [0.15, 0.2) is 9.84 Å². The van der Waals surface area contributed by atoms with E-state index >= 15 is 0 Å². The molecule has 1 aliphatic rings. The van der Waals surface area contributed by atoms with Crippen molar-refractivity contribution in [2.75, 3.05) is 6.54 Å². The Labute approximate surface area is 182 Å². The van der Waals surface area contributed by atoms with Gasteiger partial charge in [0.1, 0.15) is 10.9 Å². The van der Waals surface area contributed by atoms with Gasteiger partial charge in [-0.05, 0) is 57.5 Å². The lowest BCUT2D eigenvalue weighted by Crippen LogP contribution is -2.49. The topological polar surface area (TPSA) is 98.5 Å². The van der Waals surface area contributed by atoms with Crippen molar-refractivity contribution in [1.82, 2.24) is 5.32 Å². The Morgan fingerprint density at radius 1 is 1.13 bits per heavy atom. The Balaban J connectivity index is 2.03. The van der Waals surface area contributed by atoms with Crippen LogP contribution in [0.15, 0.2) is 53.4 Å². The summed E-state index contributed by atoms with van der Waals surface area (Å²) in [4.78, 5) is 12.7. The summed E-state index contributed by atoms with van der Waals surface area (Å²) in [6.45, 7) is 7.13. The summed E-state index contributed by atoms with van der Waals surface area (Å²) in [6, 6.07) is 13.6. The van der Waals surface area contributed by atoms with Crippen molar-refractivity contribution in [1.29, 1.82) is 0 Å². The number of rotatable bonds is 5. The van der Waals surface area contributed by atoms with Crippen LogP contribution < -0.4 is 11.1 Å². The quantitative estimate of drug-likeness (QED) is 0.721. The van der Waals surface area contributed by atoms with E-state index in [4.69, 9.17) is 22.1 Å². The number of alkyl carbamates (subject to hydrolysis) is 1. The third-order valence-electron chi connectivity index (χ3n) is 5.24. The molecule has 2 aromatic rings. The molecule has 1 amide bonds. The van der Waals surface area contributed by atoms with E-state index in [9.17, 15) is 13.2 Å². The molecular weight excluding hydrogens is 424 g/mol. The van der Waals surface area contributed by atoms with Crippen LogP contribution in [0.25, 0.3) is 0 Å². The zero-order valence-corrected chi connectivity index (χ0v) is 19.0. The van der Waals surface area contributed by atoms with Crippen LogP contribution in [0, 0.1) is 6.92 Å². The van der Waals surface area contributed by atoms with Gasteiger partial charge in [0, 0.05) is 17.5 Å². The average Bonchev–Trinajstić information content (AvgIpc) is 3.30. The second-order valence-electron chi connectivity index (χ2n) is 8.68. The summed E-state index contributed by atoms with van der Waals surface area (Å²) in [5.74, 6) is -0.503. The van der Waals surface area contributed by atoms with E-state index in [1.807, 2.05) is 31.2 Å². The Bertz CT molecular complexity index is 1030. The van der Waals surface area contributed by atoms with Crippen LogP contribution in [0.3, 0.4) is 0 Å². The number of benzene rings is 2. The molecule has 0 radical (unpaired) electrons. The number of amides is 1. The third-order valence-corrected chi connectivity index (χ3v) is 7.78.